The molecular formula is C9H12O2. The molecule has 0 spiro atoms. The molecule has 2 rings (SSSR count). The Bertz CT molecular complexity index is 226. The van der Waals surface area contributed by atoms with Crippen molar-refractivity contribution in [3.63, 3.8) is 0 Å². The molecule has 0 unspecified atom stereocenters. The van der Waals surface area contributed by atoms with Gasteiger partial charge >= 0.3 is 0 Å². The van der Waals surface area contributed by atoms with Gasteiger partial charge in [-0.3, -0.25) is 0 Å². The molecule has 0 aliphatic heterocycles. The summed E-state index contributed by atoms with van der Waals surface area (Å²) >= 11 is 0. The van der Waals surface area contributed by atoms with Gasteiger partial charge < -0.3 is 9.52 Å². The highest BCUT2D eigenvalue weighted by Crippen LogP contribution is 2.49. The summed E-state index contributed by atoms with van der Waals surface area (Å²) < 4.78 is 5.23. The van der Waals surface area contributed by atoms with Crippen molar-refractivity contribution in [1.29, 1.82) is 0 Å². The van der Waals surface area contributed by atoms with Gasteiger partial charge in [-0.1, -0.05) is 0 Å². The first-order valence-corrected chi connectivity index (χ1v) is 4.00. The van der Waals surface area contributed by atoms with Crippen molar-refractivity contribution < 1.29 is 9.52 Å². The van der Waals surface area contributed by atoms with Gasteiger partial charge in [-0.05, 0) is 31.4 Å². The Kier molecular flexibility index (Phi) is 1.50. The van der Waals surface area contributed by atoms with E-state index in [1.807, 2.05) is 19.1 Å². The molecule has 1 saturated carbocycles. The predicted molar refractivity (Wildman–Crippen MR) is 41.2 cm³/mol. The number of hydrogen-bond donors (Lipinski definition) is 1. The molecule has 1 heterocycles. The third-order valence-electron chi connectivity index (χ3n) is 2.37. The molecule has 1 N–H and O–H groups in total. The van der Waals surface area contributed by atoms with E-state index < -0.39 is 0 Å². The van der Waals surface area contributed by atoms with Crippen molar-refractivity contribution >= 4 is 0 Å². The number of furan rings is 1. The van der Waals surface area contributed by atoms with Gasteiger partial charge in [0.05, 0.1) is 12.4 Å². The van der Waals surface area contributed by atoms with Gasteiger partial charge in [0.1, 0.15) is 5.76 Å². The first-order chi connectivity index (χ1) is 5.29. The lowest BCUT2D eigenvalue weighted by atomic mass is 10.2. The number of aliphatic hydroxyl groups excluding tert-OH is 1. The van der Waals surface area contributed by atoms with Gasteiger partial charge in [0, 0.05) is 5.92 Å². The van der Waals surface area contributed by atoms with Crippen LogP contribution in [0.4, 0.5) is 0 Å². The Morgan fingerprint density at radius 3 is 3.00 bits per heavy atom. The van der Waals surface area contributed by atoms with Crippen LogP contribution in [0.2, 0.25) is 0 Å². The van der Waals surface area contributed by atoms with Gasteiger partial charge in [0.2, 0.25) is 0 Å². The third-order valence-corrected chi connectivity index (χ3v) is 2.37. The van der Waals surface area contributed by atoms with Crippen LogP contribution in [0, 0.1) is 5.92 Å². The van der Waals surface area contributed by atoms with Crippen LogP contribution < -0.4 is 0 Å². The first-order valence-electron chi connectivity index (χ1n) is 4.00. The van der Waals surface area contributed by atoms with Crippen molar-refractivity contribution in [3.05, 3.63) is 24.2 Å². The highest BCUT2D eigenvalue weighted by atomic mass is 16.3. The Labute approximate surface area is 65.8 Å². The summed E-state index contributed by atoms with van der Waals surface area (Å²) in [6.45, 7) is 1.84. The summed E-state index contributed by atoms with van der Waals surface area (Å²) in [5.74, 6) is 1.93. The van der Waals surface area contributed by atoms with Gasteiger partial charge in [-0.15, -0.1) is 0 Å². The zero-order chi connectivity index (χ0) is 7.84. The Balaban J connectivity index is 2.02. The summed E-state index contributed by atoms with van der Waals surface area (Å²) in [6, 6.07) is 3.87. The SMILES string of the molecule is C[C@H](O)[C@H]1C[C@@H]1c1ccco1. The van der Waals surface area contributed by atoms with Crippen LogP contribution >= 0.6 is 0 Å². The molecule has 2 nitrogen and oxygen atoms in total. The van der Waals surface area contributed by atoms with E-state index in [1.54, 1.807) is 6.26 Å². The molecule has 1 aromatic rings. The Morgan fingerprint density at radius 2 is 2.55 bits per heavy atom. The van der Waals surface area contributed by atoms with Crippen LogP contribution in [-0.4, -0.2) is 11.2 Å². The highest BCUT2D eigenvalue weighted by Gasteiger charge is 2.43. The van der Waals surface area contributed by atoms with Crippen LogP contribution in [0.3, 0.4) is 0 Å². The van der Waals surface area contributed by atoms with E-state index in [1.165, 1.54) is 0 Å². The van der Waals surface area contributed by atoms with Crippen molar-refractivity contribution in [3.8, 4) is 0 Å². The second kappa shape index (κ2) is 2.38. The van der Waals surface area contributed by atoms with Gasteiger partial charge in [-0.25, -0.2) is 0 Å². The maximum absolute atomic E-state index is 9.22. The van der Waals surface area contributed by atoms with Gasteiger partial charge in [0.15, 0.2) is 0 Å². The highest BCUT2D eigenvalue weighted by molar-refractivity contribution is 5.15. The quantitative estimate of drug-likeness (QED) is 0.700. The third kappa shape index (κ3) is 1.18. The summed E-state index contributed by atoms with van der Waals surface area (Å²) in [7, 11) is 0. The van der Waals surface area contributed by atoms with E-state index in [4.69, 9.17) is 4.42 Å². The standard InChI is InChI=1S/C9H12O2/c1-6(10)7-5-8(7)9-3-2-4-11-9/h2-4,6-8,10H,5H2,1H3/t6-,7+,8-/m0/s1. The number of aliphatic hydroxyl groups is 1. The van der Waals surface area contributed by atoms with E-state index in [9.17, 15) is 5.11 Å². The maximum Gasteiger partial charge on any atom is 0.107 e. The van der Waals surface area contributed by atoms with Crippen molar-refractivity contribution in [2.24, 2.45) is 5.92 Å². The molecule has 0 bridgehead atoms. The normalized spacial score (nSPS) is 31.8. The molecule has 0 radical (unpaired) electrons. The average Bonchev–Trinajstić information content (AvgIpc) is 2.60. The lowest BCUT2D eigenvalue weighted by Crippen LogP contribution is -2.02. The van der Waals surface area contributed by atoms with E-state index in [-0.39, 0.29) is 6.10 Å². The van der Waals surface area contributed by atoms with E-state index >= 15 is 0 Å². The predicted octanol–water partition coefficient (Wildman–Crippen LogP) is 1.76. The van der Waals surface area contributed by atoms with E-state index in [2.05, 4.69) is 0 Å². The minimum Gasteiger partial charge on any atom is -0.469 e. The lowest BCUT2D eigenvalue weighted by molar-refractivity contribution is 0.167. The van der Waals surface area contributed by atoms with Crippen LogP contribution in [0.15, 0.2) is 22.8 Å². The number of hydrogen-bond acceptors (Lipinski definition) is 2. The van der Waals surface area contributed by atoms with E-state index in [0.29, 0.717) is 11.8 Å². The Morgan fingerprint density at radius 1 is 1.73 bits per heavy atom. The van der Waals surface area contributed by atoms with Crippen LogP contribution in [-0.2, 0) is 0 Å². The molecule has 11 heavy (non-hydrogen) atoms. The van der Waals surface area contributed by atoms with Crippen molar-refractivity contribution in [2.75, 3.05) is 0 Å². The maximum atomic E-state index is 9.22. The second-order valence-corrected chi connectivity index (χ2v) is 3.26. The first kappa shape index (κ1) is 6.92. The molecular weight excluding hydrogens is 140 g/mol. The van der Waals surface area contributed by atoms with Crippen LogP contribution in [0.1, 0.15) is 25.0 Å². The minimum atomic E-state index is -0.190. The lowest BCUT2D eigenvalue weighted by Gasteiger charge is -1.99. The molecule has 0 amide bonds. The summed E-state index contributed by atoms with van der Waals surface area (Å²) in [4.78, 5) is 0. The molecule has 2 heteroatoms. The summed E-state index contributed by atoms with van der Waals surface area (Å²) in [5, 5.41) is 9.22. The van der Waals surface area contributed by atoms with Gasteiger partial charge in [-0.2, -0.15) is 0 Å². The molecule has 1 aromatic heterocycles. The summed E-state index contributed by atoms with van der Waals surface area (Å²) in [5.41, 5.74) is 0. The monoisotopic (exact) mass is 152 g/mol. The molecule has 0 saturated heterocycles. The zero-order valence-electron chi connectivity index (χ0n) is 6.53. The Hall–Kier alpha value is -0.760. The largest absolute Gasteiger partial charge is 0.469 e. The fraction of sp³-hybridized carbons (Fsp3) is 0.556. The smallest absolute Gasteiger partial charge is 0.107 e. The van der Waals surface area contributed by atoms with Crippen molar-refractivity contribution in [1.82, 2.24) is 0 Å². The topological polar surface area (TPSA) is 33.4 Å². The summed E-state index contributed by atoms with van der Waals surface area (Å²) in [6.07, 6.45) is 2.57. The zero-order valence-corrected chi connectivity index (χ0v) is 6.53. The molecule has 1 fully saturated rings. The van der Waals surface area contributed by atoms with E-state index in [0.717, 1.165) is 12.2 Å². The molecule has 1 aliphatic carbocycles. The van der Waals surface area contributed by atoms with Gasteiger partial charge in [0.25, 0.3) is 0 Å². The molecule has 1 aliphatic rings. The fourth-order valence-corrected chi connectivity index (χ4v) is 1.58. The minimum absolute atomic E-state index is 0.190. The van der Waals surface area contributed by atoms with Crippen LogP contribution in [0.5, 0.6) is 0 Å². The molecule has 3 atom stereocenters. The molecule has 0 aromatic carbocycles. The average molecular weight is 152 g/mol. The van der Waals surface area contributed by atoms with Crippen LogP contribution in [0.25, 0.3) is 0 Å². The fourth-order valence-electron chi connectivity index (χ4n) is 1.58. The number of rotatable bonds is 2. The molecule has 60 valence electrons. The second-order valence-electron chi connectivity index (χ2n) is 3.26. The van der Waals surface area contributed by atoms with Crippen molar-refractivity contribution in [2.45, 2.75) is 25.4 Å².